The Morgan fingerprint density at radius 1 is 0.812 bits per heavy atom. The molecule has 3 amide bonds. The third-order valence-corrected chi connectivity index (χ3v) is 4.74. The highest BCUT2D eigenvalue weighted by molar-refractivity contribution is 5.97. The van der Waals surface area contributed by atoms with Crippen LogP contribution in [-0.2, 0) is 22.6 Å². The van der Waals surface area contributed by atoms with Crippen LogP contribution in [0.25, 0.3) is 0 Å². The molecular formula is C25H25N3O4. The normalized spacial score (nSPS) is 11.2. The lowest BCUT2D eigenvalue weighted by Gasteiger charge is -2.16. The molecule has 3 rings (SSSR count). The number of amides is 3. The molecule has 0 fully saturated rings. The zero-order valence-electron chi connectivity index (χ0n) is 17.5. The van der Waals surface area contributed by atoms with E-state index in [1.807, 2.05) is 42.5 Å². The third-order valence-electron chi connectivity index (χ3n) is 4.74. The van der Waals surface area contributed by atoms with E-state index in [0.29, 0.717) is 17.9 Å². The van der Waals surface area contributed by atoms with Gasteiger partial charge in [-0.3, -0.25) is 14.4 Å². The Bertz CT molecular complexity index is 1040. The Morgan fingerprint density at radius 3 is 2.06 bits per heavy atom. The molecule has 0 spiro atoms. The summed E-state index contributed by atoms with van der Waals surface area (Å²) in [6.07, 6.45) is 0.229. The van der Waals surface area contributed by atoms with Gasteiger partial charge in [-0.25, -0.2) is 0 Å². The summed E-state index contributed by atoms with van der Waals surface area (Å²) in [7, 11) is 0. The average Bonchev–Trinajstić information content (AvgIpc) is 2.82. The largest absolute Gasteiger partial charge is 0.489 e. The van der Waals surface area contributed by atoms with Crippen molar-refractivity contribution >= 4 is 17.7 Å². The summed E-state index contributed by atoms with van der Waals surface area (Å²) in [4.78, 5) is 36.1. The van der Waals surface area contributed by atoms with Crippen molar-refractivity contribution in [2.45, 2.75) is 19.1 Å². The van der Waals surface area contributed by atoms with E-state index >= 15 is 0 Å². The van der Waals surface area contributed by atoms with Gasteiger partial charge in [0.15, 0.2) is 0 Å². The van der Waals surface area contributed by atoms with Crippen molar-refractivity contribution in [1.82, 2.24) is 10.6 Å². The molecule has 164 valence electrons. The standard InChI is InChI=1S/C25H25N3O4/c26-24(30)22(28-23(29)16-27-25(31)20-9-5-2-6-10-20)15-18-11-13-21(14-12-18)32-17-19-7-3-1-4-8-19/h1-14,22H,15-17H2,(H2,26,30)(H,27,31)(H,28,29)/t22-/m0/s1. The van der Waals surface area contributed by atoms with Crippen LogP contribution in [0.4, 0.5) is 0 Å². The summed E-state index contributed by atoms with van der Waals surface area (Å²) >= 11 is 0. The molecule has 32 heavy (non-hydrogen) atoms. The minimum Gasteiger partial charge on any atom is -0.489 e. The van der Waals surface area contributed by atoms with Crippen molar-refractivity contribution in [3.05, 3.63) is 102 Å². The second-order valence-corrected chi connectivity index (χ2v) is 7.19. The number of carbonyl (C=O) groups excluding carboxylic acids is 3. The van der Waals surface area contributed by atoms with E-state index in [2.05, 4.69) is 10.6 Å². The van der Waals surface area contributed by atoms with Crippen LogP contribution >= 0.6 is 0 Å². The second-order valence-electron chi connectivity index (χ2n) is 7.19. The fourth-order valence-electron chi connectivity index (χ4n) is 3.02. The molecule has 0 saturated carbocycles. The molecule has 4 N–H and O–H groups in total. The summed E-state index contributed by atoms with van der Waals surface area (Å²) in [6, 6.07) is 24.7. The molecule has 0 bridgehead atoms. The van der Waals surface area contributed by atoms with Gasteiger partial charge in [0.25, 0.3) is 5.91 Å². The van der Waals surface area contributed by atoms with Crippen molar-refractivity contribution < 1.29 is 19.1 Å². The van der Waals surface area contributed by atoms with E-state index in [1.54, 1.807) is 42.5 Å². The van der Waals surface area contributed by atoms with Gasteiger partial charge in [-0.05, 0) is 35.4 Å². The maximum Gasteiger partial charge on any atom is 0.251 e. The van der Waals surface area contributed by atoms with Gasteiger partial charge in [-0.2, -0.15) is 0 Å². The van der Waals surface area contributed by atoms with Gasteiger partial charge in [0.05, 0.1) is 6.54 Å². The molecule has 0 aliphatic heterocycles. The third kappa shape index (κ3) is 6.98. The van der Waals surface area contributed by atoms with Gasteiger partial charge in [0.2, 0.25) is 11.8 Å². The summed E-state index contributed by atoms with van der Waals surface area (Å²) < 4.78 is 5.75. The minimum atomic E-state index is -0.896. The maximum absolute atomic E-state index is 12.2. The lowest BCUT2D eigenvalue weighted by Crippen LogP contribution is -2.49. The smallest absolute Gasteiger partial charge is 0.251 e. The molecular weight excluding hydrogens is 406 g/mol. The van der Waals surface area contributed by atoms with Crippen LogP contribution in [-0.4, -0.2) is 30.3 Å². The van der Waals surface area contributed by atoms with E-state index in [-0.39, 0.29) is 18.9 Å². The highest BCUT2D eigenvalue weighted by atomic mass is 16.5. The van der Waals surface area contributed by atoms with E-state index in [4.69, 9.17) is 10.5 Å². The Morgan fingerprint density at radius 2 is 1.44 bits per heavy atom. The summed E-state index contributed by atoms with van der Waals surface area (Å²) in [5.74, 6) is -0.832. The number of nitrogens with two attached hydrogens (primary N) is 1. The van der Waals surface area contributed by atoms with Gasteiger partial charge in [0, 0.05) is 12.0 Å². The zero-order valence-corrected chi connectivity index (χ0v) is 17.5. The quantitative estimate of drug-likeness (QED) is 0.457. The van der Waals surface area contributed by atoms with Crippen LogP contribution in [0.5, 0.6) is 5.75 Å². The summed E-state index contributed by atoms with van der Waals surface area (Å²) in [6.45, 7) is 0.193. The number of ether oxygens (including phenoxy) is 1. The van der Waals surface area contributed by atoms with E-state index in [0.717, 1.165) is 11.1 Å². The van der Waals surface area contributed by atoms with Crippen LogP contribution in [0.1, 0.15) is 21.5 Å². The second kappa shape index (κ2) is 11.3. The number of hydrogen-bond donors (Lipinski definition) is 3. The molecule has 7 heteroatoms. The Balaban J connectivity index is 1.49. The summed E-state index contributed by atoms with van der Waals surface area (Å²) in [5.41, 5.74) is 7.78. The van der Waals surface area contributed by atoms with Gasteiger partial charge < -0.3 is 21.1 Å². The molecule has 3 aromatic carbocycles. The van der Waals surface area contributed by atoms with Crippen molar-refractivity contribution in [3.8, 4) is 5.75 Å². The van der Waals surface area contributed by atoms with Gasteiger partial charge >= 0.3 is 0 Å². The van der Waals surface area contributed by atoms with Crippen LogP contribution < -0.4 is 21.1 Å². The molecule has 0 saturated heterocycles. The number of hydrogen-bond acceptors (Lipinski definition) is 4. The zero-order chi connectivity index (χ0) is 22.8. The monoisotopic (exact) mass is 431 g/mol. The van der Waals surface area contributed by atoms with E-state index in [1.165, 1.54) is 0 Å². The Labute approximate surface area is 186 Å². The molecule has 7 nitrogen and oxygen atoms in total. The number of primary amides is 1. The lowest BCUT2D eigenvalue weighted by atomic mass is 10.1. The molecule has 0 aromatic heterocycles. The van der Waals surface area contributed by atoms with Gasteiger partial charge in [-0.1, -0.05) is 60.7 Å². The summed E-state index contributed by atoms with van der Waals surface area (Å²) in [5, 5.41) is 5.10. The first kappa shape index (κ1) is 22.6. The number of nitrogens with one attached hydrogen (secondary N) is 2. The molecule has 0 radical (unpaired) electrons. The molecule has 0 aliphatic rings. The molecule has 3 aromatic rings. The predicted octanol–water partition coefficient (Wildman–Crippen LogP) is 2.21. The fourth-order valence-corrected chi connectivity index (χ4v) is 3.02. The highest BCUT2D eigenvalue weighted by Crippen LogP contribution is 2.15. The highest BCUT2D eigenvalue weighted by Gasteiger charge is 2.19. The average molecular weight is 431 g/mol. The first-order valence-electron chi connectivity index (χ1n) is 10.2. The molecule has 0 unspecified atom stereocenters. The minimum absolute atomic E-state index is 0.229. The number of benzene rings is 3. The number of carbonyl (C=O) groups is 3. The Kier molecular flexibility index (Phi) is 7.97. The Hall–Kier alpha value is -4.13. The van der Waals surface area contributed by atoms with Crippen LogP contribution in [0.15, 0.2) is 84.9 Å². The van der Waals surface area contributed by atoms with Crippen LogP contribution in [0.2, 0.25) is 0 Å². The van der Waals surface area contributed by atoms with E-state index < -0.39 is 17.9 Å². The van der Waals surface area contributed by atoms with Crippen molar-refractivity contribution in [3.63, 3.8) is 0 Å². The SMILES string of the molecule is NC(=O)[C@H](Cc1ccc(OCc2ccccc2)cc1)NC(=O)CNC(=O)c1ccccc1. The molecule has 0 aliphatic carbocycles. The van der Waals surface area contributed by atoms with Gasteiger partial charge in [0.1, 0.15) is 18.4 Å². The topological polar surface area (TPSA) is 111 Å². The van der Waals surface area contributed by atoms with Crippen molar-refractivity contribution in [1.29, 1.82) is 0 Å². The van der Waals surface area contributed by atoms with Crippen LogP contribution in [0.3, 0.4) is 0 Å². The van der Waals surface area contributed by atoms with Crippen molar-refractivity contribution in [2.75, 3.05) is 6.54 Å². The molecule has 0 heterocycles. The van der Waals surface area contributed by atoms with E-state index in [9.17, 15) is 14.4 Å². The first-order valence-corrected chi connectivity index (χ1v) is 10.2. The molecule has 1 atom stereocenters. The van der Waals surface area contributed by atoms with Crippen LogP contribution in [0, 0.1) is 0 Å². The van der Waals surface area contributed by atoms with Crippen molar-refractivity contribution in [2.24, 2.45) is 5.73 Å². The predicted molar refractivity (Wildman–Crippen MR) is 121 cm³/mol. The van der Waals surface area contributed by atoms with Gasteiger partial charge in [-0.15, -0.1) is 0 Å². The maximum atomic E-state index is 12.2. The first-order chi connectivity index (χ1) is 15.5. The number of rotatable bonds is 10. The lowest BCUT2D eigenvalue weighted by molar-refractivity contribution is -0.126. The fraction of sp³-hybridized carbons (Fsp3) is 0.160.